The quantitative estimate of drug-likeness (QED) is 0.648. The molecule has 0 amide bonds. The number of piperidine rings is 1. The normalized spacial score (nSPS) is 35.0. The number of ether oxygens (including phenoxy) is 1. The minimum atomic E-state index is -3.13. The second-order valence-corrected chi connectivity index (χ2v) is 6.71. The summed E-state index contributed by atoms with van der Waals surface area (Å²) in [7, 11) is -1.73. The molecule has 6 heteroatoms. The van der Waals surface area contributed by atoms with E-state index in [0.717, 1.165) is 12.8 Å². The van der Waals surface area contributed by atoms with Crippen LogP contribution in [0.15, 0.2) is 0 Å². The van der Waals surface area contributed by atoms with Crippen molar-refractivity contribution in [3.8, 4) is 0 Å². The first-order chi connectivity index (χ1) is 7.43. The molecule has 0 aromatic heterocycles. The largest absolute Gasteiger partial charge is 0.469 e. The van der Waals surface area contributed by atoms with E-state index in [9.17, 15) is 13.2 Å². The van der Waals surface area contributed by atoms with Crippen LogP contribution in [0.3, 0.4) is 0 Å². The van der Waals surface area contributed by atoms with Crippen molar-refractivity contribution in [1.29, 1.82) is 0 Å². The first kappa shape index (κ1) is 11.9. The van der Waals surface area contributed by atoms with E-state index in [1.165, 1.54) is 17.7 Å². The number of hydrogen-bond acceptors (Lipinski definition) is 4. The summed E-state index contributed by atoms with van der Waals surface area (Å²) in [5.41, 5.74) is 0. The van der Waals surface area contributed by atoms with Gasteiger partial charge in [-0.1, -0.05) is 0 Å². The summed E-state index contributed by atoms with van der Waals surface area (Å²) in [6, 6.07) is 0. The molecule has 2 rings (SSSR count). The maximum Gasteiger partial charge on any atom is 0.309 e. The van der Waals surface area contributed by atoms with Crippen LogP contribution >= 0.6 is 0 Å². The van der Waals surface area contributed by atoms with Crippen LogP contribution in [-0.4, -0.2) is 45.1 Å². The van der Waals surface area contributed by atoms with Gasteiger partial charge in [0.05, 0.1) is 19.3 Å². The Labute approximate surface area is 95.8 Å². The van der Waals surface area contributed by atoms with Gasteiger partial charge >= 0.3 is 5.97 Å². The highest BCUT2D eigenvalue weighted by Gasteiger charge is 2.48. The molecule has 0 radical (unpaired) electrons. The summed E-state index contributed by atoms with van der Waals surface area (Å²) in [6.45, 7) is 0.935. The molecule has 16 heavy (non-hydrogen) atoms. The molecular weight excluding hydrogens is 230 g/mol. The van der Waals surface area contributed by atoms with E-state index >= 15 is 0 Å². The fourth-order valence-electron chi connectivity index (χ4n) is 2.97. The third kappa shape index (κ3) is 1.96. The molecule has 0 aromatic carbocycles. The molecule has 1 saturated heterocycles. The van der Waals surface area contributed by atoms with Crippen LogP contribution < -0.4 is 0 Å². The smallest absolute Gasteiger partial charge is 0.309 e. The van der Waals surface area contributed by atoms with Crippen molar-refractivity contribution in [2.45, 2.75) is 12.8 Å². The Morgan fingerprint density at radius 1 is 1.25 bits per heavy atom. The lowest BCUT2D eigenvalue weighted by atomic mass is 9.86. The lowest BCUT2D eigenvalue weighted by Crippen LogP contribution is -2.47. The predicted molar refractivity (Wildman–Crippen MR) is 58.1 cm³/mol. The summed E-state index contributed by atoms with van der Waals surface area (Å²) in [4.78, 5) is 11.6. The summed E-state index contributed by atoms with van der Waals surface area (Å²) < 4.78 is 29.2. The number of methoxy groups -OCH3 is 1. The Bertz CT molecular complexity index is 378. The van der Waals surface area contributed by atoms with Crippen LogP contribution in [-0.2, 0) is 19.6 Å². The predicted octanol–water partition coefficient (Wildman–Crippen LogP) is 0.0770. The number of sulfonamides is 1. The molecule has 2 atom stereocenters. The van der Waals surface area contributed by atoms with E-state index in [1.807, 2.05) is 0 Å². The van der Waals surface area contributed by atoms with Crippen molar-refractivity contribution in [2.75, 3.05) is 26.5 Å². The first-order valence-electron chi connectivity index (χ1n) is 5.46. The van der Waals surface area contributed by atoms with Gasteiger partial charge in [0.25, 0.3) is 0 Å². The Morgan fingerprint density at radius 2 is 1.75 bits per heavy atom. The fourth-order valence-corrected chi connectivity index (χ4v) is 3.90. The van der Waals surface area contributed by atoms with E-state index in [1.54, 1.807) is 0 Å². The summed E-state index contributed by atoms with van der Waals surface area (Å²) >= 11 is 0. The van der Waals surface area contributed by atoms with Gasteiger partial charge in [0.2, 0.25) is 10.0 Å². The molecule has 1 saturated carbocycles. The Hall–Kier alpha value is -0.620. The molecule has 5 nitrogen and oxygen atoms in total. The molecule has 2 aliphatic rings. The van der Waals surface area contributed by atoms with Crippen LogP contribution in [0.25, 0.3) is 0 Å². The fraction of sp³-hybridized carbons (Fsp3) is 0.900. The highest BCUT2D eigenvalue weighted by molar-refractivity contribution is 7.88. The van der Waals surface area contributed by atoms with Gasteiger partial charge in [0, 0.05) is 13.1 Å². The number of hydrogen-bond donors (Lipinski definition) is 0. The van der Waals surface area contributed by atoms with Crippen LogP contribution in [0.1, 0.15) is 12.8 Å². The second-order valence-electron chi connectivity index (χ2n) is 4.73. The number of carbonyl (C=O) groups excluding carboxylic acids is 1. The van der Waals surface area contributed by atoms with E-state index in [0.29, 0.717) is 13.1 Å². The van der Waals surface area contributed by atoms with Crippen LogP contribution in [0.4, 0.5) is 0 Å². The van der Waals surface area contributed by atoms with Crippen molar-refractivity contribution < 1.29 is 17.9 Å². The van der Waals surface area contributed by atoms with Crippen molar-refractivity contribution in [1.82, 2.24) is 4.31 Å². The third-order valence-electron chi connectivity index (χ3n) is 3.74. The molecule has 0 aromatic rings. The zero-order valence-electron chi connectivity index (χ0n) is 9.55. The Balaban J connectivity index is 2.16. The lowest BCUT2D eigenvalue weighted by molar-refractivity contribution is -0.149. The molecule has 1 aliphatic carbocycles. The lowest BCUT2D eigenvalue weighted by Gasteiger charge is -2.34. The monoisotopic (exact) mass is 247 g/mol. The summed E-state index contributed by atoms with van der Waals surface area (Å²) in [5.74, 6) is 0.00509. The van der Waals surface area contributed by atoms with Gasteiger partial charge in [-0.05, 0) is 24.7 Å². The zero-order valence-corrected chi connectivity index (χ0v) is 10.4. The van der Waals surface area contributed by atoms with Crippen molar-refractivity contribution in [3.05, 3.63) is 0 Å². The van der Waals surface area contributed by atoms with Gasteiger partial charge in [-0.3, -0.25) is 4.79 Å². The molecule has 1 heterocycles. The second kappa shape index (κ2) is 4.00. The number of rotatable bonds is 2. The maximum absolute atomic E-state index is 11.6. The minimum absolute atomic E-state index is 0.0944. The SMILES string of the molecule is COC(=O)C1C2CCC1CN(S(C)(=O)=O)C2. The highest BCUT2D eigenvalue weighted by atomic mass is 32.2. The molecular formula is C10H17NO4S. The van der Waals surface area contributed by atoms with E-state index < -0.39 is 10.0 Å². The van der Waals surface area contributed by atoms with Crippen LogP contribution in [0.2, 0.25) is 0 Å². The van der Waals surface area contributed by atoms with E-state index in [-0.39, 0.29) is 23.7 Å². The van der Waals surface area contributed by atoms with Crippen molar-refractivity contribution in [2.24, 2.45) is 17.8 Å². The molecule has 2 bridgehead atoms. The molecule has 0 spiro atoms. The molecule has 0 N–H and O–H groups in total. The molecule has 2 unspecified atom stereocenters. The number of fused-ring (bicyclic) bond motifs is 2. The van der Waals surface area contributed by atoms with Gasteiger partial charge in [-0.15, -0.1) is 0 Å². The first-order valence-corrected chi connectivity index (χ1v) is 7.31. The van der Waals surface area contributed by atoms with Gasteiger partial charge < -0.3 is 4.74 Å². The number of esters is 1. The van der Waals surface area contributed by atoms with Crippen LogP contribution in [0, 0.1) is 17.8 Å². The molecule has 92 valence electrons. The maximum atomic E-state index is 11.6. The summed E-state index contributed by atoms with van der Waals surface area (Å²) in [6.07, 6.45) is 3.08. The minimum Gasteiger partial charge on any atom is -0.469 e. The average Bonchev–Trinajstić information content (AvgIpc) is 2.46. The van der Waals surface area contributed by atoms with Gasteiger partial charge in [0.1, 0.15) is 0 Å². The standard InChI is InChI=1S/C10H17NO4S/c1-15-10(12)9-7-3-4-8(9)6-11(5-7)16(2,13)14/h7-9H,3-6H2,1-2H3. The van der Waals surface area contributed by atoms with Crippen molar-refractivity contribution >= 4 is 16.0 Å². The Morgan fingerprint density at radius 3 is 2.12 bits per heavy atom. The highest BCUT2D eigenvalue weighted by Crippen LogP contribution is 2.43. The molecule has 2 fully saturated rings. The van der Waals surface area contributed by atoms with Gasteiger partial charge in [-0.25, -0.2) is 12.7 Å². The van der Waals surface area contributed by atoms with Gasteiger partial charge in [-0.2, -0.15) is 0 Å². The number of carbonyl (C=O) groups is 1. The topological polar surface area (TPSA) is 63.7 Å². The summed E-state index contributed by atoms with van der Waals surface area (Å²) in [5, 5.41) is 0. The van der Waals surface area contributed by atoms with E-state index in [2.05, 4.69) is 0 Å². The van der Waals surface area contributed by atoms with Crippen LogP contribution in [0.5, 0.6) is 0 Å². The average molecular weight is 247 g/mol. The zero-order chi connectivity index (χ0) is 11.9. The third-order valence-corrected chi connectivity index (χ3v) is 4.98. The van der Waals surface area contributed by atoms with Gasteiger partial charge in [0.15, 0.2) is 0 Å². The number of nitrogens with zero attached hydrogens (tertiary/aromatic N) is 1. The Kier molecular flexibility index (Phi) is 2.96. The molecule has 1 aliphatic heterocycles. The van der Waals surface area contributed by atoms with E-state index in [4.69, 9.17) is 4.74 Å². The van der Waals surface area contributed by atoms with Crippen molar-refractivity contribution in [3.63, 3.8) is 0 Å².